The molecule has 0 heterocycles. The van der Waals surface area contributed by atoms with Crippen molar-refractivity contribution >= 4 is 27.1 Å². The topological polar surface area (TPSA) is 128 Å². The quantitative estimate of drug-likeness (QED) is 0.365. The number of rotatable bonds is 9. The van der Waals surface area contributed by atoms with Crippen molar-refractivity contribution in [2.45, 2.75) is 4.90 Å². The third-order valence-electron chi connectivity index (χ3n) is 3.55. The van der Waals surface area contributed by atoms with Crippen LogP contribution in [0.2, 0.25) is 0 Å². The number of benzene rings is 2. The van der Waals surface area contributed by atoms with Crippen molar-refractivity contribution in [1.82, 2.24) is 5.32 Å². The number of nitro groups is 1. The van der Waals surface area contributed by atoms with E-state index in [2.05, 4.69) is 10.6 Å². The van der Waals surface area contributed by atoms with Gasteiger partial charge in [-0.3, -0.25) is 14.9 Å². The molecule has 1 amide bonds. The summed E-state index contributed by atoms with van der Waals surface area (Å²) in [6.45, 7) is -0.126. The Morgan fingerprint density at radius 2 is 1.93 bits per heavy atom. The normalized spacial score (nSPS) is 10.9. The lowest BCUT2D eigenvalue weighted by molar-refractivity contribution is -0.384. The zero-order chi connectivity index (χ0) is 20.7. The summed E-state index contributed by atoms with van der Waals surface area (Å²) in [6, 6.07) is 9.18. The van der Waals surface area contributed by atoms with Crippen LogP contribution >= 0.6 is 0 Å². The lowest BCUT2D eigenvalue weighted by Gasteiger charge is -2.10. The van der Waals surface area contributed by atoms with Crippen molar-refractivity contribution in [2.75, 3.05) is 31.3 Å². The monoisotopic (exact) mass is 411 g/mol. The highest BCUT2D eigenvalue weighted by Gasteiger charge is 2.18. The smallest absolute Gasteiger partial charge is 0.293 e. The maximum Gasteiger partial charge on any atom is 0.293 e. The van der Waals surface area contributed by atoms with Crippen LogP contribution in [0.4, 0.5) is 15.8 Å². The van der Waals surface area contributed by atoms with Gasteiger partial charge in [0.05, 0.1) is 9.82 Å². The molecule has 0 atom stereocenters. The summed E-state index contributed by atoms with van der Waals surface area (Å²) in [4.78, 5) is 22.0. The van der Waals surface area contributed by atoms with Crippen molar-refractivity contribution in [3.8, 4) is 5.75 Å². The van der Waals surface area contributed by atoms with Gasteiger partial charge in [0.1, 0.15) is 5.69 Å². The molecular formula is C17H18FN3O6S. The Morgan fingerprint density at radius 3 is 2.57 bits per heavy atom. The maximum atomic E-state index is 13.4. The van der Waals surface area contributed by atoms with Gasteiger partial charge < -0.3 is 15.4 Å². The van der Waals surface area contributed by atoms with Crippen molar-refractivity contribution in [3.05, 3.63) is 58.4 Å². The molecule has 0 unspecified atom stereocenters. The van der Waals surface area contributed by atoms with Crippen molar-refractivity contribution in [3.63, 3.8) is 0 Å². The fourth-order valence-corrected chi connectivity index (χ4v) is 2.84. The third-order valence-corrected chi connectivity index (χ3v) is 4.66. The van der Waals surface area contributed by atoms with Crippen LogP contribution in [0.15, 0.2) is 47.4 Å². The standard InChI is InChI=1S/C17H18FN3O6S/c1-28(25,26)12-6-7-14(15(10-12)21(23)24)19-8-9-20-17(22)11-27-16-5-3-2-4-13(16)18/h2-7,10,19H,8-9,11H2,1H3,(H,20,22). The number of nitro benzene ring substituents is 1. The molecule has 0 saturated carbocycles. The van der Waals surface area contributed by atoms with E-state index in [-0.39, 0.29) is 36.0 Å². The van der Waals surface area contributed by atoms with E-state index < -0.39 is 32.2 Å². The van der Waals surface area contributed by atoms with Crippen LogP contribution < -0.4 is 15.4 Å². The van der Waals surface area contributed by atoms with E-state index in [1.54, 1.807) is 6.07 Å². The molecule has 0 bridgehead atoms. The molecule has 2 rings (SSSR count). The molecule has 2 aromatic rings. The Labute approximate surface area is 160 Å². The molecule has 9 nitrogen and oxygen atoms in total. The number of nitrogens with one attached hydrogen (secondary N) is 2. The Kier molecular flexibility index (Phi) is 6.88. The molecule has 0 saturated heterocycles. The number of hydrogen-bond acceptors (Lipinski definition) is 7. The molecule has 2 aromatic carbocycles. The number of ether oxygens (including phenoxy) is 1. The molecule has 11 heteroatoms. The zero-order valence-corrected chi connectivity index (χ0v) is 15.7. The molecule has 150 valence electrons. The Balaban J connectivity index is 1.85. The average Bonchev–Trinajstić information content (AvgIpc) is 2.63. The number of nitrogens with zero attached hydrogens (tertiary/aromatic N) is 1. The summed E-state index contributed by atoms with van der Waals surface area (Å²) in [6.07, 6.45) is 0.956. The van der Waals surface area contributed by atoms with E-state index in [0.29, 0.717) is 0 Å². The number of amides is 1. The van der Waals surface area contributed by atoms with E-state index in [1.807, 2.05) is 0 Å². The highest BCUT2D eigenvalue weighted by Crippen LogP contribution is 2.27. The number of carbonyl (C=O) groups is 1. The second-order valence-electron chi connectivity index (χ2n) is 5.70. The molecular weight excluding hydrogens is 393 g/mol. The third kappa shape index (κ3) is 5.91. The van der Waals surface area contributed by atoms with Crippen LogP contribution in [0.25, 0.3) is 0 Å². The number of carbonyl (C=O) groups excluding carboxylic acids is 1. The fourth-order valence-electron chi connectivity index (χ4n) is 2.20. The van der Waals surface area contributed by atoms with E-state index in [4.69, 9.17) is 4.74 Å². The number of anilines is 1. The van der Waals surface area contributed by atoms with E-state index in [0.717, 1.165) is 12.3 Å². The number of halogens is 1. The highest BCUT2D eigenvalue weighted by atomic mass is 32.2. The van der Waals surface area contributed by atoms with Crippen LogP contribution in [0.5, 0.6) is 5.75 Å². The van der Waals surface area contributed by atoms with Gasteiger partial charge in [-0.1, -0.05) is 12.1 Å². The second-order valence-corrected chi connectivity index (χ2v) is 7.72. The Hall–Kier alpha value is -3.21. The minimum atomic E-state index is -3.57. The van der Waals surface area contributed by atoms with Crippen molar-refractivity contribution in [2.24, 2.45) is 0 Å². The zero-order valence-electron chi connectivity index (χ0n) is 14.8. The van der Waals surface area contributed by atoms with Gasteiger partial charge in [0.25, 0.3) is 11.6 Å². The molecule has 0 aliphatic heterocycles. The first kappa shape index (κ1) is 21.1. The fraction of sp³-hybridized carbons (Fsp3) is 0.235. The van der Waals surface area contributed by atoms with E-state index in [9.17, 15) is 27.7 Å². The second kappa shape index (κ2) is 9.13. The number of hydrogen-bond donors (Lipinski definition) is 2. The summed E-state index contributed by atoms with van der Waals surface area (Å²) in [7, 11) is -3.57. The molecule has 0 aromatic heterocycles. The first-order chi connectivity index (χ1) is 13.2. The lowest BCUT2D eigenvalue weighted by atomic mass is 10.2. The average molecular weight is 411 g/mol. The van der Waals surface area contributed by atoms with Gasteiger partial charge in [0.15, 0.2) is 28.0 Å². The van der Waals surface area contributed by atoms with Crippen LogP contribution in [-0.4, -0.2) is 45.2 Å². The van der Waals surface area contributed by atoms with Gasteiger partial charge in [-0.25, -0.2) is 12.8 Å². The first-order valence-electron chi connectivity index (χ1n) is 8.05. The van der Waals surface area contributed by atoms with Gasteiger partial charge in [-0.15, -0.1) is 0 Å². The SMILES string of the molecule is CS(=O)(=O)c1ccc(NCCNC(=O)COc2ccccc2F)c([N+](=O)[O-])c1. The largest absolute Gasteiger partial charge is 0.481 e. The van der Waals surface area contributed by atoms with Gasteiger partial charge in [0, 0.05) is 25.4 Å². The summed E-state index contributed by atoms with van der Waals surface area (Å²) >= 11 is 0. The first-order valence-corrected chi connectivity index (χ1v) is 9.94. The minimum absolute atomic E-state index is 0.0441. The molecule has 0 spiro atoms. The number of sulfone groups is 1. The predicted molar refractivity (Wildman–Crippen MR) is 99.6 cm³/mol. The molecule has 0 aliphatic rings. The van der Waals surface area contributed by atoms with Gasteiger partial charge >= 0.3 is 0 Å². The van der Waals surface area contributed by atoms with Crippen LogP contribution in [0.1, 0.15) is 0 Å². The Bertz CT molecular complexity index is 981. The molecule has 0 fully saturated rings. The van der Waals surface area contributed by atoms with E-state index in [1.165, 1.54) is 30.3 Å². The minimum Gasteiger partial charge on any atom is -0.481 e. The van der Waals surface area contributed by atoms with Crippen LogP contribution in [0, 0.1) is 15.9 Å². The van der Waals surface area contributed by atoms with Gasteiger partial charge in [-0.05, 0) is 24.3 Å². The van der Waals surface area contributed by atoms with Gasteiger partial charge in [-0.2, -0.15) is 0 Å². The molecule has 2 N–H and O–H groups in total. The van der Waals surface area contributed by atoms with E-state index >= 15 is 0 Å². The summed E-state index contributed by atoms with van der Waals surface area (Å²) in [5.41, 5.74) is -0.272. The van der Waals surface area contributed by atoms with Crippen molar-refractivity contribution < 1.29 is 27.3 Å². The summed E-state index contributed by atoms with van der Waals surface area (Å²) < 4.78 is 41.5. The van der Waals surface area contributed by atoms with Crippen molar-refractivity contribution in [1.29, 1.82) is 0 Å². The maximum absolute atomic E-state index is 13.4. The molecule has 0 radical (unpaired) electrons. The molecule has 0 aliphatic carbocycles. The Morgan fingerprint density at radius 1 is 1.21 bits per heavy atom. The summed E-state index contributed by atoms with van der Waals surface area (Å²) in [5.74, 6) is -1.12. The molecule has 28 heavy (non-hydrogen) atoms. The van der Waals surface area contributed by atoms with Gasteiger partial charge in [0.2, 0.25) is 0 Å². The number of para-hydroxylation sites is 1. The van der Waals surface area contributed by atoms with Crippen LogP contribution in [-0.2, 0) is 14.6 Å². The predicted octanol–water partition coefficient (Wildman–Crippen LogP) is 1.74. The highest BCUT2D eigenvalue weighted by molar-refractivity contribution is 7.90. The lowest BCUT2D eigenvalue weighted by Crippen LogP contribution is -2.32. The summed E-state index contributed by atoms with van der Waals surface area (Å²) in [5, 5.41) is 16.4. The van der Waals surface area contributed by atoms with Crippen LogP contribution in [0.3, 0.4) is 0 Å².